The van der Waals surface area contributed by atoms with Gasteiger partial charge in [0.25, 0.3) is 5.91 Å². The first kappa shape index (κ1) is 13.1. The van der Waals surface area contributed by atoms with E-state index in [1.165, 1.54) is 6.07 Å². The number of carbonyl (C=O) groups is 1. The molecular formula is C15H13N3O3. The van der Waals surface area contributed by atoms with Crippen molar-refractivity contribution in [2.45, 2.75) is 13.8 Å². The van der Waals surface area contributed by atoms with Gasteiger partial charge in [-0.25, -0.2) is 4.79 Å². The fraction of sp³-hybridized carbons (Fsp3) is 0.133. The number of para-hydroxylation sites is 1. The zero-order valence-electron chi connectivity index (χ0n) is 11.6. The number of aromatic nitrogens is 2. The number of benzene rings is 1. The van der Waals surface area contributed by atoms with Crippen molar-refractivity contribution in [3.63, 3.8) is 0 Å². The smallest absolute Gasteiger partial charge is 0.349 e. The summed E-state index contributed by atoms with van der Waals surface area (Å²) in [4.78, 5) is 24.2. The van der Waals surface area contributed by atoms with Crippen molar-refractivity contribution in [2.75, 3.05) is 5.32 Å². The highest BCUT2D eigenvalue weighted by atomic mass is 16.4. The van der Waals surface area contributed by atoms with Gasteiger partial charge in [0.05, 0.1) is 17.1 Å². The maximum absolute atomic E-state index is 12.3. The molecular weight excluding hydrogens is 270 g/mol. The van der Waals surface area contributed by atoms with Crippen LogP contribution in [0.4, 0.5) is 5.69 Å². The van der Waals surface area contributed by atoms with Gasteiger partial charge in [-0.3, -0.25) is 9.89 Å². The first-order chi connectivity index (χ1) is 10.1. The van der Waals surface area contributed by atoms with Gasteiger partial charge in [0.15, 0.2) is 0 Å². The average Bonchev–Trinajstić information content (AvgIpc) is 2.78. The second kappa shape index (κ2) is 4.90. The molecule has 0 saturated carbocycles. The van der Waals surface area contributed by atoms with Crippen molar-refractivity contribution in [2.24, 2.45) is 0 Å². The minimum atomic E-state index is -0.662. The maximum atomic E-state index is 12.3. The van der Waals surface area contributed by atoms with Crippen LogP contribution >= 0.6 is 0 Å². The maximum Gasteiger partial charge on any atom is 0.349 e. The van der Waals surface area contributed by atoms with E-state index < -0.39 is 11.5 Å². The fourth-order valence-electron chi connectivity index (χ4n) is 2.14. The molecule has 6 nitrogen and oxygen atoms in total. The highest BCUT2D eigenvalue weighted by Gasteiger charge is 2.16. The molecule has 0 aliphatic heterocycles. The Morgan fingerprint density at radius 3 is 2.76 bits per heavy atom. The van der Waals surface area contributed by atoms with Gasteiger partial charge in [0, 0.05) is 5.39 Å². The van der Waals surface area contributed by atoms with Crippen LogP contribution in [-0.2, 0) is 0 Å². The third-order valence-electron chi connectivity index (χ3n) is 3.25. The van der Waals surface area contributed by atoms with Crippen molar-refractivity contribution < 1.29 is 9.21 Å². The summed E-state index contributed by atoms with van der Waals surface area (Å²) in [6.07, 6.45) is 0. The minimum absolute atomic E-state index is 0.0336. The normalized spacial score (nSPS) is 10.8. The van der Waals surface area contributed by atoms with Crippen molar-refractivity contribution >= 4 is 22.6 Å². The van der Waals surface area contributed by atoms with E-state index in [4.69, 9.17) is 4.42 Å². The molecule has 21 heavy (non-hydrogen) atoms. The lowest BCUT2D eigenvalue weighted by atomic mass is 10.1. The molecule has 1 amide bonds. The SMILES string of the molecule is Cc1n[nH]c(C)c1NC(=O)c1cc2ccccc2oc1=O. The molecule has 0 bridgehead atoms. The Morgan fingerprint density at radius 1 is 1.29 bits per heavy atom. The van der Waals surface area contributed by atoms with Crippen molar-refractivity contribution in [1.29, 1.82) is 0 Å². The molecule has 2 heterocycles. The highest BCUT2D eigenvalue weighted by Crippen LogP contribution is 2.18. The largest absolute Gasteiger partial charge is 0.422 e. The summed E-state index contributed by atoms with van der Waals surface area (Å²) in [5.41, 5.74) is 1.72. The molecule has 2 aromatic heterocycles. The number of aryl methyl sites for hydroxylation is 2. The van der Waals surface area contributed by atoms with Crippen LogP contribution < -0.4 is 10.9 Å². The van der Waals surface area contributed by atoms with E-state index in [0.717, 1.165) is 5.69 Å². The standard InChI is InChI=1S/C15H13N3O3/c1-8-13(9(2)18-17-8)16-14(19)11-7-10-5-3-4-6-12(10)21-15(11)20/h3-7H,1-2H3,(H,16,19)(H,17,18). The number of H-pyrrole nitrogens is 1. The lowest BCUT2D eigenvalue weighted by molar-refractivity contribution is 0.102. The molecule has 0 saturated heterocycles. The number of rotatable bonds is 2. The van der Waals surface area contributed by atoms with Gasteiger partial charge in [-0.1, -0.05) is 18.2 Å². The van der Waals surface area contributed by atoms with Crippen LogP contribution in [0.25, 0.3) is 11.0 Å². The molecule has 0 radical (unpaired) electrons. The number of anilines is 1. The first-order valence-corrected chi connectivity index (χ1v) is 6.42. The van der Waals surface area contributed by atoms with Crippen LogP contribution in [0.1, 0.15) is 21.7 Å². The average molecular weight is 283 g/mol. The summed E-state index contributed by atoms with van der Waals surface area (Å²) in [6, 6.07) is 8.57. The molecule has 0 unspecified atom stereocenters. The van der Waals surface area contributed by atoms with E-state index >= 15 is 0 Å². The lowest BCUT2D eigenvalue weighted by Gasteiger charge is -2.05. The summed E-state index contributed by atoms with van der Waals surface area (Å²) >= 11 is 0. The zero-order valence-corrected chi connectivity index (χ0v) is 11.6. The van der Waals surface area contributed by atoms with Crippen molar-refractivity contribution in [3.8, 4) is 0 Å². The quantitative estimate of drug-likeness (QED) is 0.707. The van der Waals surface area contributed by atoms with Gasteiger partial charge in [0.1, 0.15) is 11.1 Å². The number of nitrogens with one attached hydrogen (secondary N) is 2. The molecule has 6 heteroatoms. The van der Waals surface area contributed by atoms with Gasteiger partial charge >= 0.3 is 5.63 Å². The predicted octanol–water partition coefficient (Wildman–Crippen LogP) is 2.39. The number of aromatic amines is 1. The number of hydrogen-bond acceptors (Lipinski definition) is 4. The molecule has 3 rings (SSSR count). The molecule has 0 aliphatic carbocycles. The molecule has 3 aromatic rings. The third-order valence-corrected chi connectivity index (χ3v) is 3.25. The van der Waals surface area contributed by atoms with Crippen LogP contribution in [0.2, 0.25) is 0 Å². The Balaban J connectivity index is 2.02. The van der Waals surface area contributed by atoms with Crippen LogP contribution in [0.3, 0.4) is 0 Å². The molecule has 0 fully saturated rings. The van der Waals surface area contributed by atoms with Gasteiger partial charge in [0.2, 0.25) is 0 Å². The molecule has 0 aliphatic rings. The van der Waals surface area contributed by atoms with Gasteiger partial charge in [-0.2, -0.15) is 5.10 Å². The highest BCUT2D eigenvalue weighted by molar-refractivity contribution is 6.05. The monoisotopic (exact) mass is 283 g/mol. The summed E-state index contributed by atoms with van der Waals surface area (Å²) < 4.78 is 5.15. The van der Waals surface area contributed by atoms with Crippen molar-refractivity contribution in [1.82, 2.24) is 10.2 Å². The Bertz CT molecular complexity index is 873. The van der Waals surface area contributed by atoms with E-state index in [9.17, 15) is 9.59 Å². The summed E-state index contributed by atoms with van der Waals surface area (Å²) in [5, 5.41) is 10.2. The second-order valence-corrected chi connectivity index (χ2v) is 4.75. The number of hydrogen-bond donors (Lipinski definition) is 2. The van der Waals surface area contributed by atoms with Crippen LogP contribution in [0.5, 0.6) is 0 Å². The zero-order chi connectivity index (χ0) is 15.0. The van der Waals surface area contributed by atoms with Crippen LogP contribution in [0, 0.1) is 13.8 Å². The predicted molar refractivity (Wildman–Crippen MR) is 78.5 cm³/mol. The fourth-order valence-corrected chi connectivity index (χ4v) is 2.14. The Morgan fingerprint density at radius 2 is 2.05 bits per heavy atom. The van der Waals surface area contributed by atoms with Gasteiger partial charge in [-0.05, 0) is 26.0 Å². The molecule has 2 N–H and O–H groups in total. The number of fused-ring (bicyclic) bond motifs is 1. The Labute approximate surface area is 119 Å². The van der Waals surface area contributed by atoms with Crippen LogP contribution in [-0.4, -0.2) is 16.1 Å². The number of nitrogens with zero attached hydrogens (tertiary/aromatic N) is 1. The topological polar surface area (TPSA) is 88.0 Å². The summed E-state index contributed by atoms with van der Waals surface area (Å²) in [7, 11) is 0. The lowest BCUT2D eigenvalue weighted by Crippen LogP contribution is -2.21. The Hall–Kier alpha value is -2.89. The molecule has 0 spiro atoms. The number of amides is 1. The van der Waals surface area contributed by atoms with E-state index in [0.29, 0.717) is 22.4 Å². The summed E-state index contributed by atoms with van der Waals surface area (Å²) in [5.74, 6) is -0.512. The molecule has 0 atom stereocenters. The molecule has 1 aromatic carbocycles. The summed E-state index contributed by atoms with van der Waals surface area (Å²) in [6.45, 7) is 3.56. The van der Waals surface area contributed by atoms with E-state index in [1.807, 2.05) is 6.07 Å². The van der Waals surface area contributed by atoms with E-state index in [-0.39, 0.29) is 5.56 Å². The van der Waals surface area contributed by atoms with Crippen molar-refractivity contribution in [3.05, 3.63) is 57.7 Å². The second-order valence-electron chi connectivity index (χ2n) is 4.75. The molecule has 106 valence electrons. The van der Waals surface area contributed by atoms with Gasteiger partial charge in [-0.15, -0.1) is 0 Å². The van der Waals surface area contributed by atoms with Gasteiger partial charge < -0.3 is 9.73 Å². The van der Waals surface area contributed by atoms with E-state index in [1.54, 1.807) is 32.0 Å². The minimum Gasteiger partial charge on any atom is -0.422 e. The Kier molecular flexibility index (Phi) is 3.06. The third kappa shape index (κ3) is 2.31. The van der Waals surface area contributed by atoms with E-state index in [2.05, 4.69) is 15.5 Å². The number of carbonyl (C=O) groups excluding carboxylic acids is 1. The van der Waals surface area contributed by atoms with Crippen LogP contribution in [0.15, 0.2) is 39.5 Å². The first-order valence-electron chi connectivity index (χ1n) is 6.42.